The van der Waals surface area contributed by atoms with Gasteiger partial charge in [0.25, 0.3) is 0 Å². The van der Waals surface area contributed by atoms with Crippen LogP contribution in [0, 0.1) is 45.3 Å². The second-order valence-corrected chi connectivity index (χ2v) is 25.1. The molecule has 14 aromatic carbocycles. The highest BCUT2D eigenvalue weighted by Gasteiger charge is 2.35. The zero-order valence-corrected chi connectivity index (χ0v) is 52.2. The van der Waals surface area contributed by atoms with Gasteiger partial charge >= 0.3 is 0 Å². The molecule has 6 aromatic heterocycles. The van der Waals surface area contributed by atoms with Crippen molar-refractivity contribution >= 4 is 131 Å². The molecule has 450 valence electrons. The maximum absolute atomic E-state index is 12.5. The van der Waals surface area contributed by atoms with Crippen LogP contribution in [0.4, 0.5) is 0 Å². The van der Waals surface area contributed by atoms with Gasteiger partial charge in [-0.3, -0.25) is 0 Å². The van der Waals surface area contributed by atoms with Gasteiger partial charge in [0.05, 0.1) is 123 Å². The van der Waals surface area contributed by atoms with Gasteiger partial charge in [0.1, 0.15) is 24.3 Å². The summed E-state index contributed by atoms with van der Waals surface area (Å²) in [5, 5.41) is 58.6. The van der Waals surface area contributed by atoms with E-state index in [4.69, 9.17) is 0 Å². The summed E-state index contributed by atoms with van der Waals surface area (Å²) >= 11 is 0. The highest BCUT2D eigenvalue weighted by atomic mass is 15.1. The van der Waals surface area contributed by atoms with Gasteiger partial charge in [-0.15, -0.1) is 0 Å². The fourth-order valence-corrected chi connectivity index (χ4v) is 16.4. The largest absolute Gasteiger partial charge is 0.307 e. The second kappa shape index (κ2) is 20.7. The Morgan fingerprint density at radius 2 is 0.388 bits per heavy atom. The molecule has 10 nitrogen and oxygen atoms in total. The first-order valence-electron chi connectivity index (χ1n) is 32.6. The maximum atomic E-state index is 12.5. The molecule has 0 aliphatic carbocycles. The minimum atomic E-state index is 0.227. The number of aromatic nitrogens is 6. The van der Waals surface area contributed by atoms with Gasteiger partial charge in [0.2, 0.25) is 0 Å². The van der Waals surface area contributed by atoms with E-state index in [1.54, 1.807) is 0 Å². The Kier molecular flexibility index (Phi) is 11.5. The van der Waals surface area contributed by atoms with Crippen LogP contribution >= 0.6 is 0 Å². The Morgan fingerprint density at radius 3 is 0.633 bits per heavy atom. The van der Waals surface area contributed by atoms with Crippen molar-refractivity contribution in [2.45, 2.75) is 0 Å². The fourth-order valence-electron chi connectivity index (χ4n) is 16.4. The summed E-state index contributed by atoms with van der Waals surface area (Å²) in [6.45, 7) is 0. The topological polar surface area (TPSA) is 125 Å². The molecule has 0 amide bonds. The Morgan fingerprint density at radius 1 is 0.184 bits per heavy atom. The highest BCUT2D eigenvalue weighted by molar-refractivity contribution is 6.18. The van der Waals surface area contributed by atoms with E-state index < -0.39 is 0 Å². The normalized spacial score (nSPS) is 11.8. The molecule has 0 saturated heterocycles. The van der Waals surface area contributed by atoms with Crippen LogP contribution in [0.25, 0.3) is 176 Å². The molecule has 0 bridgehead atoms. The monoisotopic (exact) mass is 1240 g/mol. The van der Waals surface area contributed by atoms with Crippen molar-refractivity contribution < 1.29 is 0 Å². The van der Waals surface area contributed by atoms with Gasteiger partial charge in [-0.25, -0.2) is 0 Å². The second-order valence-electron chi connectivity index (χ2n) is 25.1. The van der Waals surface area contributed by atoms with Crippen LogP contribution < -0.4 is 0 Å². The van der Waals surface area contributed by atoms with Crippen molar-refractivity contribution in [1.29, 1.82) is 21.0 Å². The summed E-state index contributed by atoms with van der Waals surface area (Å²) in [5.41, 5.74) is 18.3. The first kappa shape index (κ1) is 54.4. The van der Waals surface area contributed by atoms with Gasteiger partial charge in [-0.2, -0.15) is 21.0 Å². The molecule has 0 aliphatic heterocycles. The van der Waals surface area contributed by atoms with E-state index in [9.17, 15) is 21.0 Å². The molecule has 0 spiro atoms. The Bertz CT molecular complexity index is 6910. The molecule has 20 aromatic rings. The van der Waals surface area contributed by atoms with E-state index in [1.165, 1.54) is 0 Å². The number of fused-ring (bicyclic) bond motifs is 18. The molecule has 0 saturated carbocycles. The molecule has 0 N–H and O–H groups in total. The number of hydrogen-bond acceptors (Lipinski definition) is 4. The summed E-state index contributed by atoms with van der Waals surface area (Å²) in [4.78, 5) is 0. The summed E-state index contributed by atoms with van der Waals surface area (Å²) < 4.78 is 13.6. The fraction of sp³-hybridized carbons (Fsp3) is 0. The number of para-hydroxylation sites is 10. The summed E-state index contributed by atoms with van der Waals surface area (Å²) in [7, 11) is 0. The van der Waals surface area contributed by atoms with Crippen molar-refractivity contribution in [3.8, 4) is 69.5 Å². The SMILES string of the molecule is N#Cc1cc(-n2c3ccccc3c3ccccc32)c(-n2c3ccccc3c3cc(-c4ccc5c(c4)c4ccccc4n5-c4c(C#N)c(C#N)c(-n5c6ccccc6c6ccccc65)c(-n5c6ccccc6c6ccccc65)c4-n4c5ccccc5c5ccccc54)ccc32)cc1C#N. The number of nitrogens with zero attached hydrogens (tertiary/aromatic N) is 10. The van der Waals surface area contributed by atoms with E-state index in [0.717, 1.165) is 165 Å². The molecule has 0 radical (unpaired) electrons. The van der Waals surface area contributed by atoms with Gasteiger partial charge in [-0.1, -0.05) is 194 Å². The molecule has 0 unspecified atom stereocenters. The first-order chi connectivity index (χ1) is 48.5. The average Bonchev–Trinajstić information content (AvgIpc) is 1.46. The van der Waals surface area contributed by atoms with Crippen molar-refractivity contribution in [3.63, 3.8) is 0 Å². The van der Waals surface area contributed by atoms with Gasteiger partial charge < -0.3 is 27.4 Å². The molecule has 6 heterocycles. The Hall–Kier alpha value is -14.2. The zero-order chi connectivity index (χ0) is 65.0. The Balaban J connectivity index is 0.892. The zero-order valence-electron chi connectivity index (χ0n) is 52.2. The van der Waals surface area contributed by atoms with Gasteiger partial charge in [-0.05, 0) is 108 Å². The quantitative estimate of drug-likeness (QED) is 0.158. The maximum Gasteiger partial charge on any atom is 0.103 e. The van der Waals surface area contributed by atoms with Crippen LogP contribution in [0.5, 0.6) is 0 Å². The summed E-state index contributed by atoms with van der Waals surface area (Å²) in [6.07, 6.45) is 0. The highest BCUT2D eigenvalue weighted by Crippen LogP contribution is 2.50. The van der Waals surface area contributed by atoms with E-state index in [1.807, 2.05) is 42.5 Å². The predicted molar refractivity (Wildman–Crippen MR) is 397 cm³/mol. The van der Waals surface area contributed by atoms with E-state index in [-0.39, 0.29) is 16.7 Å². The molecule has 20 rings (SSSR count). The molecular weight excluding hydrogens is 1200 g/mol. The third-order valence-corrected chi connectivity index (χ3v) is 20.4. The van der Waals surface area contributed by atoms with E-state index >= 15 is 0 Å². The van der Waals surface area contributed by atoms with Crippen molar-refractivity contribution in [2.75, 3.05) is 0 Å². The van der Waals surface area contributed by atoms with Crippen LogP contribution in [0.15, 0.2) is 291 Å². The molecular formula is C88H48N10. The Labute approximate surface area is 559 Å². The standard InChI is InChI=1S/C88H48N10/c89-49-55-47-83(93-71-31-11-1-21-57(71)58-22-2-12-32-72(58)93)84(48-56(55)50-90)94-73-33-13-9-29-65(73)67-45-53(41-43-81(67)94)54-42-44-82-68(46-54)66-30-10-20-40-80(66)96(82)86-70(52-92)69(51-91)85(95-74-34-14-3-23-59(74)60-24-4-15-35-75(60)95)87(97-76-36-16-5-25-61(76)62-26-6-17-37-77(62)97)88(86)98-78-38-18-7-27-63(78)64-28-8-19-39-79(64)98/h1-48H. The van der Waals surface area contributed by atoms with Crippen molar-refractivity contribution in [1.82, 2.24) is 27.4 Å². The first-order valence-corrected chi connectivity index (χ1v) is 32.6. The van der Waals surface area contributed by atoms with Crippen molar-refractivity contribution in [3.05, 3.63) is 313 Å². The third kappa shape index (κ3) is 7.35. The van der Waals surface area contributed by atoms with Crippen molar-refractivity contribution in [2.24, 2.45) is 0 Å². The lowest BCUT2D eigenvalue weighted by Crippen LogP contribution is -2.17. The van der Waals surface area contributed by atoms with Crippen LogP contribution in [0.1, 0.15) is 22.3 Å². The predicted octanol–water partition coefficient (Wildman–Crippen LogP) is 21.4. The van der Waals surface area contributed by atoms with Gasteiger partial charge in [0, 0.05) is 64.6 Å². The van der Waals surface area contributed by atoms with Gasteiger partial charge in [0.15, 0.2) is 0 Å². The van der Waals surface area contributed by atoms with Crippen LogP contribution in [-0.4, -0.2) is 27.4 Å². The third-order valence-electron chi connectivity index (χ3n) is 20.4. The van der Waals surface area contributed by atoms with E-state index in [2.05, 4.69) is 300 Å². The van der Waals surface area contributed by atoms with E-state index in [0.29, 0.717) is 16.9 Å². The molecule has 0 aliphatic rings. The number of hydrogen-bond donors (Lipinski definition) is 0. The lowest BCUT2D eigenvalue weighted by molar-refractivity contribution is 1.01. The minimum Gasteiger partial charge on any atom is -0.307 e. The summed E-state index contributed by atoms with van der Waals surface area (Å²) in [6, 6.07) is 112. The molecule has 10 heteroatoms. The number of nitriles is 4. The average molecular weight is 1250 g/mol. The molecule has 0 fully saturated rings. The lowest BCUT2D eigenvalue weighted by atomic mass is 9.98. The molecule has 98 heavy (non-hydrogen) atoms. The summed E-state index contributed by atoms with van der Waals surface area (Å²) in [5.74, 6) is 0. The number of benzene rings is 14. The smallest absolute Gasteiger partial charge is 0.103 e. The molecule has 0 atom stereocenters. The van der Waals surface area contributed by atoms with Crippen LogP contribution in [-0.2, 0) is 0 Å². The minimum absolute atomic E-state index is 0.227. The van der Waals surface area contributed by atoms with Crippen LogP contribution in [0.3, 0.4) is 0 Å². The lowest BCUT2D eigenvalue weighted by Gasteiger charge is -2.27. The van der Waals surface area contributed by atoms with Crippen LogP contribution in [0.2, 0.25) is 0 Å². The number of rotatable bonds is 7.